The molecule has 0 bridgehead atoms. The van der Waals surface area contributed by atoms with E-state index in [1.54, 1.807) is 6.08 Å². The maximum atomic E-state index is 13.0. The standard InChI is InChI=1S/C25H32O4/c1-14-10-18-19(24(4)8-6-17(27)12-20(14)24)7-9-25(5)21(18)11-15(2)23(25)22(28)13-29-16(3)26/h6-8,12,14-15,18,21,23H,9-11,13H2,1-5H3. The van der Waals surface area contributed by atoms with E-state index < -0.39 is 5.97 Å². The Morgan fingerprint density at radius 2 is 1.90 bits per heavy atom. The molecule has 7 atom stereocenters. The molecule has 0 aromatic heterocycles. The molecule has 29 heavy (non-hydrogen) atoms. The van der Waals surface area contributed by atoms with E-state index in [9.17, 15) is 14.4 Å². The summed E-state index contributed by atoms with van der Waals surface area (Å²) < 4.78 is 5.06. The quantitative estimate of drug-likeness (QED) is 0.522. The van der Waals surface area contributed by atoms with Crippen molar-refractivity contribution in [3.05, 3.63) is 35.5 Å². The lowest BCUT2D eigenvalue weighted by atomic mass is 9.50. The van der Waals surface area contributed by atoms with Gasteiger partial charge >= 0.3 is 5.97 Å². The molecule has 0 aromatic carbocycles. The average molecular weight is 397 g/mol. The molecule has 0 aromatic rings. The fraction of sp³-hybridized carbons (Fsp3) is 0.640. The van der Waals surface area contributed by atoms with Gasteiger partial charge in [-0.2, -0.15) is 0 Å². The molecule has 0 amide bonds. The Kier molecular flexibility index (Phi) is 4.75. The minimum absolute atomic E-state index is 0.0633. The van der Waals surface area contributed by atoms with E-state index in [-0.39, 0.29) is 40.8 Å². The smallest absolute Gasteiger partial charge is 0.303 e. The lowest BCUT2D eigenvalue weighted by Crippen LogP contribution is -2.47. The van der Waals surface area contributed by atoms with Crippen LogP contribution in [0.5, 0.6) is 0 Å². The number of Topliss-reactive ketones (excluding diaryl/α,β-unsaturated/α-hetero) is 1. The second kappa shape index (κ2) is 6.78. The van der Waals surface area contributed by atoms with E-state index in [1.165, 1.54) is 18.1 Å². The Morgan fingerprint density at radius 1 is 1.17 bits per heavy atom. The summed E-state index contributed by atoms with van der Waals surface area (Å²) in [4.78, 5) is 36.2. The Labute approximate surface area is 173 Å². The molecule has 7 unspecified atom stereocenters. The molecule has 156 valence electrons. The third-order valence-electron chi connectivity index (χ3n) is 8.38. The van der Waals surface area contributed by atoms with E-state index >= 15 is 0 Å². The van der Waals surface area contributed by atoms with Crippen LogP contribution in [0.2, 0.25) is 0 Å². The van der Waals surface area contributed by atoms with E-state index in [1.807, 2.05) is 6.08 Å². The first-order valence-electron chi connectivity index (χ1n) is 10.9. The Bertz CT molecular complexity index is 862. The summed E-state index contributed by atoms with van der Waals surface area (Å²) in [5.41, 5.74) is 2.40. The number of fused-ring (bicyclic) bond motifs is 5. The van der Waals surface area contributed by atoms with Gasteiger partial charge in [0.2, 0.25) is 0 Å². The van der Waals surface area contributed by atoms with E-state index in [2.05, 4.69) is 39.8 Å². The molecule has 2 fully saturated rings. The highest BCUT2D eigenvalue weighted by Gasteiger charge is 2.60. The molecular weight excluding hydrogens is 364 g/mol. The molecule has 0 N–H and O–H groups in total. The molecule has 0 aliphatic heterocycles. The van der Waals surface area contributed by atoms with Gasteiger partial charge in [-0.05, 0) is 73.0 Å². The molecule has 4 aliphatic carbocycles. The van der Waals surface area contributed by atoms with Crippen LogP contribution in [0.25, 0.3) is 0 Å². The van der Waals surface area contributed by atoms with Gasteiger partial charge in [0, 0.05) is 18.3 Å². The van der Waals surface area contributed by atoms with Crippen LogP contribution in [0.15, 0.2) is 35.5 Å². The number of hydrogen-bond donors (Lipinski definition) is 0. The van der Waals surface area contributed by atoms with Gasteiger partial charge in [-0.1, -0.05) is 38.5 Å². The van der Waals surface area contributed by atoms with Crippen molar-refractivity contribution < 1.29 is 19.1 Å². The van der Waals surface area contributed by atoms with E-state index in [0.717, 1.165) is 19.3 Å². The van der Waals surface area contributed by atoms with Crippen molar-refractivity contribution in [2.45, 2.75) is 53.9 Å². The van der Waals surface area contributed by atoms with Crippen LogP contribution >= 0.6 is 0 Å². The molecule has 0 saturated heterocycles. The van der Waals surface area contributed by atoms with Crippen molar-refractivity contribution in [3.63, 3.8) is 0 Å². The van der Waals surface area contributed by atoms with Crippen LogP contribution in [0, 0.1) is 40.4 Å². The SMILES string of the molecule is CC(=O)OCC(=O)C1C(C)CC2C3CC(C)C4=CC(=O)C=CC4(C)C3=CCC21C. The van der Waals surface area contributed by atoms with Crippen LogP contribution in [-0.4, -0.2) is 24.1 Å². The van der Waals surface area contributed by atoms with Gasteiger partial charge in [-0.25, -0.2) is 0 Å². The first-order chi connectivity index (χ1) is 13.6. The number of allylic oxidation sites excluding steroid dienone is 6. The number of ether oxygens (including phenoxy) is 1. The van der Waals surface area contributed by atoms with Gasteiger partial charge in [0.15, 0.2) is 11.6 Å². The minimum atomic E-state index is -0.400. The third-order valence-corrected chi connectivity index (χ3v) is 8.38. The first-order valence-corrected chi connectivity index (χ1v) is 10.9. The van der Waals surface area contributed by atoms with E-state index in [0.29, 0.717) is 17.8 Å². The maximum Gasteiger partial charge on any atom is 0.303 e. The zero-order valence-electron chi connectivity index (χ0n) is 18.2. The fourth-order valence-corrected chi connectivity index (χ4v) is 7.24. The summed E-state index contributed by atoms with van der Waals surface area (Å²) in [7, 11) is 0. The molecule has 4 aliphatic rings. The molecule has 0 radical (unpaired) electrons. The van der Waals surface area contributed by atoms with Crippen molar-refractivity contribution in [3.8, 4) is 0 Å². The lowest BCUT2D eigenvalue weighted by Gasteiger charge is -2.54. The molecule has 2 saturated carbocycles. The molecule has 4 rings (SSSR count). The zero-order chi connectivity index (χ0) is 21.1. The second-order valence-electron chi connectivity index (χ2n) is 10.2. The summed E-state index contributed by atoms with van der Waals surface area (Å²) in [6.45, 7) is 10.2. The zero-order valence-corrected chi connectivity index (χ0v) is 18.2. The Hall–Kier alpha value is -1.97. The first kappa shape index (κ1) is 20.3. The lowest BCUT2D eigenvalue weighted by molar-refractivity contribution is -0.148. The molecular formula is C25H32O4. The van der Waals surface area contributed by atoms with Gasteiger partial charge in [0.1, 0.15) is 6.61 Å². The summed E-state index contributed by atoms with van der Waals surface area (Å²) >= 11 is 0. The van der Waals surface area contributed by atoms with Crippen LogP contribution in [0.4, 0.5) is 0 Å². The molecule has 0 spiro atoms. The summed E-state index contributed by atoms with van der Waals surface area (Å²) in [6, 6.07) is 0. The van der Waals surface area contributed by atoms with Crippen LogP contribution in [-0.2, 0) is 19.1 Å². The van der Waals surface area contributed by atoms with Crippen molar-refractivity contribution >= 4 is 17.5 Å². The maximum absolute atomic E-state index is 13.0. The molecule has 4 nitrogen and oxygen atoms in total. The van der Waals surface area contributed by atoms with Gasteiger partial charge in [0.25, 0.3) is 0 Å². The predicted molar refractivity (Wildman–Crippen MR) is 111 cm³/mol. The third kappa shape index (κ3) is 2.98. The van der Waals surface area contributed by atoms with Crippen LogP contribution < -0.4 is 0 Å². The van der Waals surface area contributed by atoms with Crippen molar-refractivity contribution in [2.75, 3.05) is 6.61 Å². The topological polar surface area (TPSA) is 60.4 Å². The Morgan fingerprint density at radius 3 is 2.59 bits per heavy atom. The number of ketones is 2. The molecule has 0 heterocycles. The highest BCUT2D eigenvalue weighted by atomic mass is 16.5. The summed E-state index contributed by atoms with van der Waals surface area (Å²) in [5, 5.41) is 0. The number of rotatable bonds is 3. The Balaban J connectivity index is 1.69. The van der Waals surface area contributed by atoms with Crippen LogP contribution in [0.1, 0.15) is 53.9 Å². The minimum Gasteiger partial charge on any atom is -0.458 e. The van der Waals surface area contributed by atoms with Crippen molar-refractivity contribution in [2.24, 2.45) is 40.4 Å². The van der Waals surface area contributed by atoms with Gasteiger partial charge in [-0.15, -0.1) is 0 Å². The predicted octanol–water partition coefficient (Wildman–Crippen LogP) is 4.45. The summed E-state index contributed by atoms with van der Waals surface area (Å²) in [5.74, 6) is 1.18. The van der Waals surface area contributed by atoms with Gasteiger partial charge in [0.05, 0.1) is 0 Å². The van der Waals surface area contributed by atoms with Crippen LogP contribution in [0.3, 0.4) is 0 Å². The highest BCUT2D eigenvalue weighted by Crippen LogP contribution is 2.65. The average Bonchev–Trinajstić information content (AvgIpc) is 2.92. The second-order valence-corrected chi connectivity index (χ2v) is 10.2. The fourth-order valence-electron chi connectivity index (χ4n) is 7.24. The van der Waals surface area contributed by atoms with Crippen molar-refractivity contribution in [1.29, 1.82) is 0 Å². The number of carbonyl (C=O) groups excluding carboxylic acids is 3. The monoisotopic (exact) mass is 396 g/mol. The van der Waals surface area contributed by atoms with Gasteiger partial charge in [-0.3, -0.25) is 14.4 Å². The molecule has 4 heteroatoms. The summed E-state index contributed by atoms with van der Waals surface area (Å²) in [6.07, 6.45) is 11.0. The van der Waals surface area contributed by atoms with E-state index in [4.69, 9.17) is 4.74 Å². The normalized spacial score (nSPS) is 42.9. The van der Waals surface area contributed by atoms with Crippen molar-refractivity contribution in [1.82, 2.24) is 0 Å². The largest absolute Gasteiger partial charge is 0.458 e. The van der Waals surface area contributed by atoms with Gasteiger partial charge < -0.3 is 4.74 Å². The highest BCUT2D eigenvalue weighted by molar-refractivity contribution is 6.01. The number of hydrogen-bond acceptors (Lipinski definition) is 4. The number of esters is 1. The number of carbonyl (C=O) groups is 3.